The van der Waals surface area contributed by atoms with Gasteiger partial charge in [-0.25, -0.2) is 15.0 Å². The lowest BCUT2D eigenvalue weighted by Gasteiger charge is -2.32. The van der Waals surface area contributed by atoms with Crippen LogP contribution in [0.4, 0.5) is 5.82 Å². The molecule has 0 unspecified atom stereocenters. The van der Waals surface area contributed by atoms with Crippen LogP contribution in [-0.4, -0.2) is 57.5 Å². The number of anilines is 1. The van der Waals surface area contributed by atoms with Crippen LogP contribution in [0.15, 0.2) is 30.9 Å². The van der Waals surface area contributed by atoms with Crippen LogP contribution in [-0.2, 0) is 4.74 Å². The molecule has 8 heteroatoms. The van der Waals surface area contributed by atoms with Gasteiger partial charge >= 0.3 is 0 Å². The molecule has 0 radical (unpaired) electrons. The maximum Gasteiger partial charge on any atom is 0.291 e. The zero-order valence-corrected chi connectivity index (χ0v) is 12.1. The lowest BCUT2D eigenvalue weighted by Crippen LogP contribution is -2.43. The van der Waals surface area contributed by atoms with Crippen LogP contribution in [0.1, 0.15) is 22.4 Å². The molecule has 2 aromatic rings. The van der Waals surface area contributed by atoms with E-state index in [0.717, 1.165) is 0 Å². The van der Waals surface area contributed by atoms with Gasteiger partial charge in [0, 0.05) is 38.4 Å². The van der Waals surface area contributed by atoms with Crippen molar-refractivity contribution in [2.45, 2.75) is 6.10 Å². The van der Waals surface area contributed by atoms with Crippen molar-refractivity contribution >= 4 is 11.7 Å². The Morgan fingerprint density at radius 3 is 2.77 bits per heavy atom. The maximum atomic E-state index is 12.4. The average molecular weight is 300 g/mol. The molecule has 1 N–H and O–H groups in total. The molecule has 2 aromatic heterocycles. The predicted octanol–water partition coefficient (Wildman–Crippen LogP) is 0.522. The zero-order chi connectivity index (χ0) is 15.4. The number of ether oxygens (including phenoxy) is 1. The summed E-state index contributed by atoms with van der Waals surface area (Å²) in [6.45, 7) is 1.33. The number of rotatable bonds is 3. The molecule has 0 aromatic carbocycles. The number of aromatic nitrogens is 4. The first-order chi connectivity index (χ1) is 10.8. The molecule has 0 bridgehead atoms. The van der Waals surface area contributed by atoms with E-state index in [-0.39, 0.29) is 17.8 Å². The van der Waals surface area contributed by atoms with E-state index in [1.807, 2.05) is 0 Å². The lowest BCUT2D eigenvalue weighted by atomic mass is 10.2. The normalized spacial score (nSPS) is 18.0. The molecule has 1 amide bonds. The average Bonchev–Trinajstić information content (AvgIpc) is 2.62. The van der Waals surface area contributed by atoms with Crippen molar-refractivity contribution in [3.8, 4) is 0 Å². The second-order valence-corrected chi connectivity index (χ2v) is 4.72. The minimum atomic E-state index is -0.322. The molecular weight excluding hydrogens is 284 g/mol. The van der Waals surface area contributed by atoms with Gasteiger partial charge in [0.25, 0.3) is 5.91 Å². The van der Waals surface area contributed by atoms with Crippen molar-refractivity contribution in [1.29, 1.82) is 0 Å². The van der Waals surface area contributed by atoms with Crippen molar-refractivity contribution < 1.29 is 9.53 Å². The minimum Gasteiger partial charge on any atom is -0.372 e. The molecular formula is C14H16N6O2. The van der Waals surface area contributed by atoms with Crippen molar-refractivity contribution in [2.24, 2.45) is 0 Å². The first-order valence-corrected chi connectivity index (χ1v) is 6.96. The van der Waals surface area contributed by atoms with Crippen molar-refractivity contribution in [3.63, 3.8) is 0 Å². The van der Waals surface area contributed by atoms with E-state index in [2.05, 4.69) is 25.3 Å². The largest absolute Gasteiger partial charge is 0.372 e. The molecule has 1 saturated heterocycles. The predicted molar refractivity (Wildman–Crippen MR) is 78.2 cm³/mol. The molecule has 0 saturated carbocycles. The van der Waals surface area contributed by atoms with Gasteiger partial charge in [-0.1, -0.05) is 0 Å². The summed E-state index contributed by atoms with van der Waals surface area (Å²) in [5.41, 5.74) is 0.691. The van der Waals surface area contributed by atoms with Crippen LogP contribution in [0.25, 0.3) is 0 Å². The Morgan fingerprint density at radius 1 is 1.23 bits per heavy atom. The molecule has 3 rings (SSSR count). The number of hydrogen-bond donors (Lipinski definition) is 1. The number of hydrogen-bond acceptors (Lipinski definition) is 7. The molecule has 1 fully saturated rings. The van der Waals surface area contributed by atoms with Gasteiger partial charge < -0.3 is 15.0 Å². The minimum absolute atomic E-state index is 0.191. The Morgan fingerprint density at radius 2 is 2.00 bits per heavy atom. The quantitative estimate of drug-likeness (QED) is 0.883. The zero-order valence-electron chi connectivity index (χ0n) is 12.1. The van der Waals surface area contributed by atoms with E-state index in [1.165, 1.54) is 0 Å². The van der Waals surface area contributed by atoms with Crippen LogP contribution in [0.5, 0.6) is 0 Å². The number of morpholine rings is 1. The van der Waals surface area contributed by atoms with E-state index in [4.69, 9.17) is 4.74 Å². The topological polar surface area (TPSA) is 93.1 Å². The van der Waals surface area contributed by atoms with Crippen LogP contribution >= 0.6 is 0 Å². The second-order valence-electron chi connectivity index (χ2n) is 4.72. The third-order valence-corrected chi connectivity index (χ3v) is 3.38. The van der Waals surface area contributed by atoms with Gasteiger partial charge in [-0.15, -0.1) is 0 Å². The number of amides is 1. The molecule has 3 heterocycles. The number of nitrogens with zero attached hydrogens (tertiary/aromatic N) is 5. The summed E-state index contributed by atoms with van der Waals surface area (Å²) in [4.78, 5) is 30.6. The van der Waals surface area contributed by atoms with E-state index in [0.29, 0.717) is 31.2 Å². The summed E-state index contributed by atoms with van der Waals surface area (Å²) >= 11 is 0. The van der Waals surface area contributed by atoms with Crippen LogP contribution in [0.3, 0.4) is 0 Å². The monoisotopic (exact) mass is 300 g/mol. The first-order valence-electron chi connectivity index (χ1n) is 6.96. The standard InChI is InChI=1S/C14H16N6O2/c1-15-12-11(16-5-6-19-12)10-9-20(7-8-22-10)14(21)13-17-3-2-4-18-13/h2-6,10H,7-9H2,1H3,(H,15,19)/t10-/m1/s1. The fourth-order valence-corrected chi connectivity index (χ4v) is 2.33. The molecule has 114 valence electrons. The van der Waals surface area contributed by atoms with Gasteiger partial charge in [0.05, 0.1) is 13.2 Å². The highest BCUT2D eigenvalue weighted by Crippen LogP contribution is 2.25. The SMILES string of the molecule is CNc1nccnc1[C@H]1CN(C(=O)c2ncccn2)CCO1. The highest BCUT2D eigenvalue weighted by Gasteiger charge is 2.29. The summed E-state index contributed by atoms with van der Waals surface area (Å²) in [6, 6.07) is 1.68. The molecule has 8 nitrogen and oxygen atoms in total. The number of nitrogens with one attached hydrogen (secondary N) is 1. The summed E-state index contributed by atoms with van der Waals surface area (Å²) in [6.07, 6.45) is 6.01. The van der Waals surface area contributed by atoms with Crippen LogP contribution in [0, 0.1) is 0 Å². The fraction of sp³-hybridized carbons (Fsp3) is 0.357. The van der Waals surface area contributed by atoms with E-state index in [9.17, 15) is 4.79 Å². The smallest absolute Gasteiger partial charge is 0.291 e. The molecule has 0 aliphatic carbocycles. The molecule has 1 aliphatic heterocycles. The molecule has 0 spiro atoms. The van der Waals surface area contributed by atoms with Crippen molar-refractivity contribution in [1.82, 2.24) is 24.8 Å². The number of carbonyl (C=O) groups excluding carboxylic acids is 1. The van der Waals surface area contributed by atoms with Crippen LogP contribution < -0.4 is 5.32 Å². The highest BCUT2D eigenvalue weighted by molar-refractivity contribution is 5.90. The second kappa shape index (κ2) is 6.44. The van der Waals surface area contributed by atoms with Gasteiger partial charge in [-0.3, -0.25) is 9.78 Å². The Hall–Kier alpha value is -2.61. The van der Waals surface area contributed by atoms with Gasteiger partial charge in [-0.2, -0.15) is 0 Å². The van der Waals surface area contributed by atoms with Gasteiger partial charge in [0.15, 0.2) is 0 Å². The Labute approximate surface area is 127 Å². The maximum absolute atomic E-state index is 12.4. The molecule has 22 heavy (non-hydrogen) atoms. The van der Waals surface area contributed by atoms with Gasteiger partial charge in [0.2, 0.25) is 5.82 Å². The lowest BCUT2D eigenvalue weighted by molar-refractivity contribution is -0.0249. The highest BCUT2D eigenvalue weighted by atomic mass is 16.5. The fourth-order valence-electron chi connectivity index (χ4n) is 2.33. The Kier molecular flexibility index (Phi) is 4.19. The summed E-state index contributed by atoms with van der Waals surface area (Å²) < 4.78 is 5.75. The Bertz CT molecular complexity index is 651. The third kappa shape index (κ3) is 2.86. The third-order valence-electron chi connectivity index (χ3n) is 3.38. The number of carbonyl (C=O) groups is 1. The van der Waals surface area contributed by atoms with Crippen molar-refractivity contribution in [2.75, 3.05) is 32.1 Å². The van der Waals surface area contributed by atoms with E-state index >= 15 is 0 Å². The summed E-state index contributed by atoms with van der Waals surface area (Å²) in [5, 5.41) is 2.99. The van der Waals surface area contributed by atoms with Crippen LogP contribution in [0.2, 0.25) is 0 Å². The van der Waals surface area contributed by atoms with E-state index in [1.54, 1.807) is 42.8 Å². The summed E-state index contributed by atoms with van der Waals surface area (Å²) in [7, 11) is 1.77. The van der Waals surface area contributed by atoms with Gasteiger partial charge in [-0.05, 0) is 6.07 Å². The Balaban J connectivity index is 1.78. The summed E-state index contributed by atoms with van der Waals surface area (Å²) in [5.74, 6) is 0.637. The van der Waals surface area contributed by atoms with E-state index < -0.39 is 0 Å². The van der Waals surface area contributed by atoms with Gasteiger partial charge in [0.1, 0.15) is 17.6 Å². The van der Waals surface area contributed by atoms with Crippen molar-refractivity contribution in [3.05, 3.63) is 42.4 Å². The molecule has 1 atom stereocenters. The first kappa shape index (κ1) is 14.3. The molecule has 1 aliphatic rings.